The number of nitriles is 1. The van der Waals surface area contributed by atoms with Gasteiger partial charge in [0.15, 0.2) is 5.79 Å². The van der Waals surface area contributed by atoms with Crippen LogP contribution in [-0.2, 0) is 9.47 Å². The first-order valence-corrected chi connectivity index (χ1v) is 5.68. The molecule has 1 aliphatic heterocycles. The van der Waals surface area contributed by atoms with Crippen molar-refractivity contribution in [3.05, 3.63) is 0 Å². The number of hydrogen-bond acceptors (Lipinski definition) is 3. The molecule has 2 atom stereocenters. The van der Waals surface area contributed by atoms with Crippen LogP contribution in [0.4, 0.5) is 0 Å². The first kappa shape index (κ1) is 12.5. The van der Waals surface area contributed by atoms with E-state index in [1.54, 1.807) is 0 Å². The summed E-state index contributed by atoms with van der Waals surface area (Å²) >= 11 is 0. The van der Waals surface area contributed by atoms with Gasteiger partial charge in [-0.25, -0.2) is 0 Å². The minimum Gasteiger partial charge on any atom is -0.344 e. The van der Waals surface area contributed by atoms with Crippen LogP contribution in [0.5, 0.6) is 0 Å². The van der Waals surface area contributed by atoms with Gasteiger partial charge in [-0.2, -0.15) is 5.26 Å². The molecule has 3 heteroatoms. The summed E-state index contributed by atoms with van der Waals surface area (Å²) in [6.07, 6.45) is 3.44. The van der Waals surface area contributed by atoms with E-state index in [-0.39, 0.29) is 11.7 Å². The lowest BCUT2D eigenvalue weighted by molar-refractivity contribution is -0.160. The fraction of sp³-hybridized carbons (Fsp3) is 0.917. The summed E-state index contributed by atoms with van der Waals surface area (Å²) in [5.41, 5.74) is -0.195. The minimum absolute atomic E-state index is 0.117. The fourth-order valence-electron chi connectivity index (χ4n) is 2.15. The van der Waals surface area contributed by atoms with Crippen molar-refractivity contribution < 1.29 is 9.47 Å². The van der Waals surface area contributed by atoms with Gasteiger partial charge in [-0.15, -0.1) is 0 Å². The van der Waals surface area contributed by atoms with Gasteiger partial charge < -0.3 is 9.47 Å². The summed E-state index contributed by atoms with van der Waals surface area (Å²) in [4.78, 5) is 0. The molecule has 1 fully saturated rings. The average Bonchev–Trinajstić information content (AvgIpc) is 2.38. The highest BCUT2D eigenvalue weighted by Crippen LogP contribution is 2.40. The minimum atomic E-state index is -0.484. The van der Waals surface area contributed by atoms with Crippen molar-refractivity contribution in [2.75, 3.05) is 0 Å². The Morgan fingerprint density at radius 1 is 1.33 bits per heavy atom. The summed E-state index contributed by atoms with van der Waals surface area (Å²) in [5, 5.41) is 8.51. The van der Waals surface area contributed by atoms with Crippen molar-refractivity contribution in [1.29, 1.82) is 5.26 Å². The van der Waals surface area contributed by atoms with Gasteiger partial charge >= 0.3 is 0 Å². The number of nitrogens with zero attached hydrogens (tertiary/aromatic N) is 1. The Bertz CT molecular complexity index is 257. The number of hydrogen-bond donors (Lipinski definition) is 0. The monoisotopic (exact) mass is 211 g/mol. The van der Waals surface area contributed by atoms with Crippen LogP contribution in [0.2, 0.25) is 0 Å². The van der Waals surface area contributed by atoms with Crippen LogP contribution in [-0.4, -0.2) is 17.5 Å². The van der Waals surface area contributed by atoms with E-state index in [4.69, 9.17) is 14.7 Å². The van der Waals surface area contributed by atoms with E-state index in [2.05, 4.69) is 19.9 Å². The van der Waals surface area contributed by atoms with E-state index in [1.807, 2.05) is 13.8 Å². The second-order valence-electron chi connectivity index (χ2n) is 4.82. The van der Waals surface area contributed by atoms with E-state index in [9.17, 15) is 0 Å². The lowest BCUT2D eigenvalue weighted by Crippen LogP contribution is -2.36. The van der Waals surface area contributed by atoms with Crippen LogP contribution in [0.1, 0.15) is 53.4 Å². The molecule has 1 heterocycles. The fourth-order valence-corrected chi connectivity index (χ4v) is 2.15. The van der Waals surface area contributed by atoms with Gasteiger partial charge in [0, 0.05) is 6.42 Å². The van der Waals surface area contributed by atoms with Crippen LogP contribution in [0.25, 0.3) is 0 Å². The highest BCUT2D eigenvalue weighted by atomic mass is 16.8. The summed E-state index contributed by atoms with van der Waals surface area (Å²) in [6, 6.07) is 2.16. The van der Waals surface area contributed by atoms with Crippen molar-refractivity contribution >= 4 is 0 Å². The summed E-state index contributed by atoms with van der Waals surface area (Å²) < 4.78 is 11.8. The molecule has 1 rings (SSSR count). The average molecular weight is 211 g/mol. The van der Waals surface area contributed by atoms with Crippen molar-refractivity contribution in [2.45, 2.75) is 70.9 Å². The molecule has 0 aliphatic carbocycles. The van der Waals surface area contributed by atoms with E-state index in [0.717, 1.165) is 19.3 Å². The second kappa shape index (κ2) is 4.51. The van der Waals surface area contributed by atoms with E-state index in [1.165, 1.54) is 0 Å². The number of ether oxygens (including phenoxy) is 2. The molecule has 0 N–H and O–H groups in total. The Labute approximate surface area is 92.4 Å². The third-order valence-electron chi connectivity index (χ3n) is 3.04. The zero-order chi connectivity index (χ0) is 11.5. The van der Waals surface area contributed by atoms with Crippen LogP contribution in [0.15, 0.2) is 0 Å². The van der Waals surface area contributed by atoms with Gasteiger partial charge in [0.25, 0.3) is 0 Å². The molecule has 0 saturated carbocycles. The van der Waals surface area contributed by atoms with Gasteiger partial charge in [0.1, 0.15) is 0 Å². The number of rotatable bonds is 4. The van der Waals surface area contributed by atoms with Crippen molar-refractivity contribution in [3.63, 3.8) is 0 Å². The van der Waals surface area contributed by atoms with Crippen molar-refractivity contribution in [1.82, 2.24) is 0 Å². The zero-order valence-corrected chi connectivity index (χ0v) is 10.2. The summed E-state index contributed by atoms with van der Waals surface area (Å²) in [6.45, 7) is 8.11. The van der Waals surface area contributed by atoms with Crippen molar-refractivity contribution in [3.8, 4) is 6.07 Å². The predicted octanol–water partition coefficient (Wildman–Crippen LogP) is 3.00. The zero-order valence-electron chi connectivity index (χ0n) is 10.2. The Hall–Kier alpha value is -0.590. The molecule has 0 spiro atoms. The van der Waals surface area contributed by atoms with E-state index >= 15 is 0 Å². The molecule has 0 unspecified atom stereocenters. The SMILES string of the molecule is CC[C@@]1(C)OC(C)(C)O[C@@H]1CCCC#N. The smallest absolute Gasteiger partial charge is 0.164 e. The van der Waals surface area contributed by atoms with Crippen molar-refractivity contribution in [2.24, 2.45) is 0 Å². The highest BCUT2D eigenvalue weighted by molar-refractivity contribution is 4.92. The summed E-state index contributed by atoms with van der Waals surface area (Å²) in [7, 11) is 0. The van der Waals surface area contributed by atoms with Gasteiger partial charge in [-0.1, -0.05) is 6.92 Å². The van der Waals surface area contributed by atoms with Gasteiger partial charge in [0.05, 0.1) is 17.8 Å². The molecule has 1 saturated heterocycles. The molecule has 0 radical (unpaired) electrons. The summed E-state index contributed by atoms with van der Waals surface area (Å²) in [5.74, 6) is -0.484. The van der Waals surface area contributed by atoms with Gasteiger partial charge in [-0.05, 0) is 40.0 Å². The Balaban J connectivity index is 2.58. The van der Waals surface area contributed by atoms with E-state index < -0.39 is 5.79 Å². The lowest BCUT2D eigenvalue weighted by Gasteiger charge is -2.27. The van der Waals surface area contributed by atoms with Crippen LogP contribution < -0.4 is 0 Å². The highest BCUT2D eigenvalue weighted by Gasteiger charge is 2.48. The van der Waals surface area contributed by atoms with Gasteiger partial charge in [-0.3, -0.25) is 0 Å². The van der Waals surface area contributed by atoms with Gasteiger partial charge in [0.2, 0.25) is 0 Å². The van der Waals surface area contributed by atoms with E-state index in [0.29, 0.717) is 6.42 Å². The first-order valence-electron chi connectivity index (χ1n) is 5.68. The van der Waals surface area contributed by atoms with Crippen LogP contribution >= 0.6 is 0 Å². The molecule has 15 heavy (non-hydrogen) atoms. The lowest BCUT2D eigenvalue weighted by atomic mass is 9.92. The van der Waals surface area contributed by atoms with Crippen LogP contribution in [0.3, 0.4) is 0 Å². The maximum absolute atomic E-state index is 8.51. The predicted molar refractivity (Wildman–Crippen MR) is 58.2 cm³/mol. The number of unbranched alkanes of at least 4 members (excludes halogenated alkanes) is 1. The maximum Gasteiger partial charge on any atom is 0.164 e. The molecule has 0 amide bonds. The molecule has 3 nitrogen and oxygen atoms in total. The molecule has 0 aromatic rings. The van der Waals surface area contributed by atoms with Crippen LogP contribution in [0, 0.1) is 11.3 Å². The molecule has 86 valence electrons. The normalized spacial score (nSPS) is 33.9. The molecule has 0 aromatic carbocycles. The molecule has 0 aromatic heterocycles. The molecule has 0 bridgehead atoms. The Kier molecular flexibility index (Phi) is 3.75. The quantitative estimate of drug-likeness (QED) is 0.671. The second-order valence-corrected chi connectivity index (χ2v) is 4.82. The molecule has 1 aliphatic rings. The largest absolute Gasteiger partial charge is 0.344 e. The molecular formula is C12H21NO2. The Morgan fingerprint density at radius 2 is 2.00 bits per heavy atom. The molecular weight excluding hydrogens is 190 g/mol. The topological polar surface area (TPSA) is 42.2 Å². The maximum atomic E-state index is 8.51. The third-order valence-corrected chi connectivity index (χ3v) is 3.04. The standard InChI is InChI=1S/C12H21NO2/c1-5-12(4)10(8-6-7-9-13)14-11(2,3)15-12/h10H,5-8H2,1-4H3/t10-,12-/m1/s1. The Morgan fingerprint density at radius 3 is 2.53 bits per heavy atom. The third kappa shape index (κ3) is 2.93. The first-order chi connectivity index (χ1) is 6.93.